The molecule has 19 heavy (non-hydrogen) atoms. The van der Waals surface area contributed by atoms with E-state index >= 15 is 0 Å². The van der Waals surface area contributed by atoms with Gasteiger partial charge in [0.1, 0.15) is 4.88 Å². The fraction of sp³-hybridized carbons (Fsp3) is 0.231. The van der Waals surface area contributed by atoms with E-state index in [9.17, 15) is 4.79 Å². The van der Waals surface area contributed by atoms with Crippen molar-refractivity contribution in [2.45, 2.75) is 13.8 Å². The number of thiazole rings is 1. The molecule has 0 bridgehead atoms. The molecule has 1 amide bonds. The van der Waals surface area contributed by atoms with Crippen LogP contribution in [0.5, 0.6) is 0 Å². The molecule has 0 saturated heterocycles. The summed E-state index contributed by atoms with van der Waals surface area (Å²) in [6.45, 7) is 3.70. The lowest BCUT2D eigenvalue weighted by molar-refractivity contribution is 0.0996. The molecule has 4 nitrogen and oxygen atoms in total. The number of nitrogens with two attached hydrogens (primary N) is 1. The molecule has 0 atom stereocenters. The Balaban J connectivity index is 2.39. The number of anilines is 2. The molecule has 0 saturated carbocycles. The van der Waals surface area contributed by atoms with Crippen LogP contribution in [-0.2, 0) is 0 Å². The van der Waals surface area contributed by atoms with Crippen LogP contribution in [0.3, 0.4) is 0 Å². The van der Waals surface area contributed by atoms with E-state index in [1.807, 2.05) is 13.8 Å². The number of hydrogen-bond donors (Lipinski definition) is 1. The highest BCUT2D eigenvalue weighted by Gasteiger charge is 2.20. The highest BCUT2D eigenvalue weighted by molar-refractivity contribution is 7.13. The van der Waals surface area contributed by atoms with Gasteiger partial charge in [-0.25, -0.2) is 4.98 Å². The molecular formula is C13H14ClN3OS. The van der Waals surface area contributed by atoms with Gasteiger partial charge in [-0.15, -0.1) is 11.3 Å². The van der Waals surface area contributed by atoms with Gasteiger partial charge in [0, 0.05) is 12.1 Å². The third-order valence-electron chi connectivity index (χ3n) is 2.76. The second kappa shape index (κ2) is 5.19. The van der Waals surface area contributed by atoms with Gasteiger partial charge in [0.05, 0.1) is 22.1 Å². The second-order valence-corrected chi connectivity index (χ2v) is 5.85. The van der Waals surface area contributed by atoms with Crippen LogP contribution in [0.15, 0.2) is 18.2 Å². The third-order valence-corrected chi connectivity index (χ3v) is 4.05. The summed E-state index contributed by atoms with van der Waals surface area (Å²) < 4.78 is 0. The predicted octanol–water partition coefficient (Wildman–Crippen LogP) is 3.27. The van der Waals surface area contributed by atoms with Crippen LogP contribution < -0.4 is 10.6 Å². The van der Waals surface area contributed by atoms with E-state index in [1.54, 1.807) is 25.2 Å². The molecule has 1 aromatic heterocycles. The standard InChI is InChI=1S/C13H14ClN3OS/c1-7-12(19-8(2)16-7)13(18)17(3)11-6-9(14)4-5-10(11)15/h4-6H,15H2,1-3H3. The average molecular weight is 296 g/mol. The number of nitrogens with zero attached hydrogens (tertiary/aromatic N) is 2. The Bertz CT molecular complexity index is 639. The normalized spacial score (nSPS) is 10.5. The zero-order valence-electron chi connectivity index (χ0n) is 10.9. The molecule has 1 aromatic carbocycles. The van der Waals surface area contributed by atoms with Gasteiger partial charge >= 0.3 is 0 Å². The molecule has 2 N–H and O–H groups in total. The highest BCUT2D eigenvalue weighted by Crippen LogP contribution is 2.28. The SMILES string of the molecule is Cc1nc(C)c(C(=O)N(C)c2cc(Cl)ccc2N)s1. The van der Waals surface area contributed by atoms with Gasteiger partial charge < -0.3 is 10.6 Å². The van der Waals surface area contributed by atoms with Gasteiger partial charge in [-0.2, -0.15) is 0 Å². The number of aryl methyl sites for hydroxylation is 2. The summed E-state index contributed by atoms with van der Waals surface area (Å²) in [5.41, 5.74) is 7.73. The number of hydrogen-bond acceptors (Lipinski definition) is 4. The number of benzene rings is 1. The third kappa shape index (κ3) is 2.72. The summed E-state index contributed by atoms with van der Waals surface area (Å²) >= 11 is 7.32. The topological polar surface area (TPSA) is 59.2 Å². The van der Waals surface area contributed by atoms with Crippen molar-refractivity contribution in [2.75, 3.05) is 17.7 Å². The lowest BCUT2D eigenvalue weighted by Gasteiger charge is -2.19. The van der Waals surface area contributed by atoms with Crippen molar-refractivity contribution >= 4 is 40.2 Å². The van der Waals surface area contributed by atoms with Crippen molar-refractivity contribution in [3.8, 4) is 0 Å². The first-order chi connectivity index (χ1) is 8.90. The van der Waals surface area contributed by atoms with E-state index in [1.165, 1.54) is 16.2 Å². The molecule has 100 valence electrons. The van der Waals surface area contributed by atoms with Crippen LogP contribution in [0.2, 0.25) is 5.02 Å². The molecule has 1 heterocycles. The smallest absolute Gasteiger partial charge is 0.270 e. The maximum absolute atomic E-state index is 12.4. The number of halogens is 1. The van der Waals surface area contributed by atoms with Crippen molar-refractivity contribution in [1.82, 2.24) is 4.98 Å². The molecule has 0 unspecified atom stereocenters. The van der Waals surface area contributed by atoms with Crippen LogP contribution in [0.1, 0.15) is 20.4 Å². The summed E-state index contributed by atoms with van der Waals surface area (Å²) in [5, 5.41) is 1.41. The van der Waals surface area contributed by atoms with Crippen LogP contribution in [0.4, 0.5) is 11.4 Å². The predicted molar refractivity (Wildman–Crippen MR) is 80.2 cm³/mol. The van der Waals surface area contributed by atoms with E-state index < -0.39 is 0 Å². The van der Waals surface area contributed by atoms with E-state index in [4.69, 9.17) is 17.3 Å². The van der Waals surface area contributed by atoms with E-state index in [2.05, 4.69) is 4.98 Å². The summed E-state index contributed by atoms with van der Waals surface area (Å²) in [7, 11) is 1.68. The van der Waals surface area contributed by atoms with Crippen molar-refractivity contribution in [3.63, 3.8) is 0 Å². The summed E-state index contributed by atoms with van der Waals surface area (Å²) in [4.78, 5) is 18.8. The molecule has 0 spiro atoms. The minimum Gasteiger partial charge on any atom is -0.397 e. The lowest BCUT2D eigenvalue weighted by atomic mass is 10.2. The molecule has 2 rings (SSSR count). The molecule has 0 fully saturated rings. The fourth-order valence-electron chi connectivity index (χ4n) is 1.80. The monoisotopic (exact) mass is 295 g/mol. The van der Waals surface area contributed by atoms with Crippen molar-refractivity contribution in [3.05, 3.63) is 38.8 Å². The van der Waals surface area contributed by atoms with Crippen molar-refractivity contribution in [2.24, 2.45) is 0 Å². The Morgan fingerprint density at radius 3 is 2.68 bits per heavy atom. The number of nitrogen functional groups attached to an aromatic ring is 1. The Hall–Kier alpha value is -1.59. The summed E-state index contributed by atoms with van der Waals surface area (Å²) in [6.07, 6.45) is 0. The van der Waals surface area contributed by atoms with Crippen LogP contribution >= 0.6 is 22.9 Å². The van der Waals surface area contributed by atoms with Gasteiger partial charge in [0.15, 0.2) is 0 Å². The van der Waals surface area contributed by atoms with Gasteiger partial charge in [0.25, 0.3) is 5.91 Å². The second-order valence-electron chi connectivity index (χ2n) is 4.21. The Morgan fingerprint density at radius 1 is 1.42 bits per heavy atom. The van der Waals surface area contributed by atoms with Crippen molar-refractivity contribution in [1.29, 1.82) is 0 Å². The molecule has 2 aromatic rings. The van der Waals surface area contributed by atoms with Gasteiger partial charge in [-0.3, -0.25) is 4.79 Å². The van der Waals surface area contributed by atoms with Crippen LogP contribution in [0.25, 0.3) is 0 Å². The maximum atomic E-state index is 12.4. The number of carbonyl (C=O) groups is 1. The van der Waals surface area contributed by atoms with Gasteiger partial charge in [-0.1, -0.05) is 11.6 Å². The zero-order valence-corrected chi connectivity index (χ0v) is 12.5. The zero-order chi connectivity index (χ0) is 14.2. The fourth-order valence-corrected chi connectivity index (χ4v) is 2.86. The van der Waals surface area contributed by atoms with E-state index in [0.717, 1.165) is 10.7 Å². The number of amides is 1. The van der Waals surface area contributed by atoms with Crippen molar-refractivity contribution < 1.29 is 4.79 Å². The molecule has 6 heteroatoms. The molecular weight excluding hydrogens is 282 g/mol. The highest BCUT2D eigenvalue weighted by atomic mass is 35.5. The minimum absolute atomic E-state index is 0.128. The summed E-state index contributed by atoms with van der Waals surface area (Å²) in [6, 6.07) is 5.06. The Morgan fingerprint density at radius 2 is 2.11 bits per heavy atom. The quantitative estimate of drug-likeness (QED) is 0.865. The molecule has 0 aliphatic carbocycles. The molecule has 0 radical (unpaired) electrons. The maximum Gasteiger partial charge on any atom is 0.270 e. The van der Waals surface area contributed by atoms with E-state index in [-0.39, 0.29) is 5.91 Å². The van der Waals surface area contributed by atoms with E-state index in [0.29, 0.717) is 21.3 Å². The number of carbonyl (C=O) groups excluding carboxylic acids is 1. The van der Waals surface area contributed by atoms with Gasteiger partial charge in [0.2, 0.25) is 0 Å². The summed E-state index contributed by atoms with van der Waals surface area (Å²) in [5.74, 6) is -0.128. The largest absolute Gasteiger partial charge is 0.397 e. The lowest BCUT2D eigenvalue weighted by Crippen LogP contribution is -2.26. The minimum atomic E-state index is -0.128. The first kappa shape index (κ1) is 13.8. The number of rotatable bonds is 2. The Kier molecular flexibility index (Phi) is 3.78. The average Bonchev–Trinajstić information content (AvgIpc) is 2.69. The molecule has 0 aliphatic rings. The first-order valence-electron chi connectivity index (χ1n) is 5.67. The van der Waals surface area contributed by atoms with Gasteiger partial charge in [-0.05, 0) is 32.0 Å². The van der Waals surface area contributed by atoms with Crippen LogP contribution in [-0.4, -0.2) is 17.9 Å². The van der Waals surface area contributed by atoms with Crippen LogP contribution in [0, 0.1) is 13.8 Å². The molecule has 0 aliphatic heterocycles. The first-order valence-corrected chi connectivity index (χ1v) is 6.86. The Labute approximate surface area is 120 Å². The number of aromatic nitrogens is 1.